The second-order valence-corrected chi connectivity index (χ2v) is 7.32. The minimum absolute atomic E-state index is 0.0771. The zero-order valence-electron chi connectivity index (χ0n) is 16.5. The maximum Gasteiger partial charge on any atom is 0.320 e. The SMILES string of the molecule is C[C@H]1C[C@H](Oc2n[nH]c3cc(NC(=O)N[C@H](C)c4ccccc4)ncc23)CCO1. The largest absolute Gasteiger partial charge is 0.473 e. The summed E-state index contributed by atoms with van der Waals surface area (Å²) in [5.74, 6) is 0.963. The van der Waals surface area contributed by atoms with E-state index in [0.717, 1.165) is 29.3 Å². The molecule has 2 amide bonds. The summed E-state index contributed by atoms with van der Waals surface area (Å²) in [5.41, 5.74) is 1.78. The Balaban J connectivity index is 1.39. The van der Waals surface area contributed by atoms with Crippen molar-refractivity contribution in [2.75, 3.05) is 11.9 Å². The Morgan fingerprint density at radius 2 is 2.17 bits per heavy atom. The Morgan fingerprint density at radius 3 is 2.97 bits per heavy atom. The highest BCUT2D eigenvalue weighted by molar-refractivity contribution is 5.92. The van der Waals surface area contributed by atoms with Gasteiger partial charge >= 0.3 is 6.03 Å². The Hall–Kier alpha value is -3.13. The molecule has 3 N–H and O–H groups in total. The smallest absolute Gasteiger partial charge is 0.320 e. The van der Waals surface area contributed by atoms with Crippen molar-refractivity contribution in [3.05, 3.63) is 48.2 Å². The molecule has 0 unspecified atom stereocenters. The number of ether oxygens (including phenoxy) is 2. The fourth-order valence-corrected chi connectivity index (χ4v) is 3.44. The van der Waals surface area contributed by atoms with E-state index >= 15 is 0 Å². The first-order valence-electron chi connectivity index (χ1n) is 9.83. The van der Waals surface area contributed by atoms with Crippen molar-refractivity contribution in [3.63, 3.8) is 0 Å². The van der Waals surface area contributed by atoms with E-state index in [2.05, 4.69) is 25.8 Å². The molecule has 8 nitrogen and oxygen atoms in total. The first kappa shape index (κ1) is 19.2. The van der Waals surface area contributed by atoms with Crippen LogP contribution in [0.1, 0.15) is 38.3 Å². The van der Waals surface area contributed by atoms with E-state index in [4.69, 9.17) is 9.47 Å². The van der Waals surface area contributed by atoms with Crippen LogP contribution < -0.4 is 15.4 Å². The number of nitrogens with zero attached hydrogens (tertiary/aromatic N) is 2. The molecule has 3 heterocycles. The minimum atomic E-state index is -0.319. The Bertz CT molecular complexity index is 975. The van der Waals surface area contributed by atoms with Crippen molar-refractivity contribution in [2.24, 2.45) is 0 Å². The molecule has 3 aromatic rings. The van der Waals surface area contributed by atoms with Crippen LogP contribution in [0.5, 0.6) is 5.88 Å². The van der Waals surface area contributed by atoms with Crippen LogP contribution >= 0.6 is 0 Å². The molecule has 29 heavy (non-hydrogen) atoms. The van der Waals surface area contributed by atoms with E-state index < -0.39 is 0 Å². The predicted molar refractivity (Wildman–Crippen MR) is 110 cm³/mol. The average Bonchev–Trinajstić information content (AvgIpc) is 3.10. The number of carbonyl (C=O) groups excluding carboxylic acids is 1. The monoisotopic (exact) mass is 395 g/mol. The number of amides is 2. The first-order valence-corrected chi connectivity index (χ1v) is 9.83. The van der Waals surface area contributed by atoms with Gasteiger partial charge in [0.25, 0.3) is 0 Å². The number of urea groups is 1. The third-order valence-electron chi connectivity index (χ3n) is 5.02. The molecule has 0 saturated carbocycles. The molecule has 4 rings (SSSR count). The van der Waals surface area contributed by atoms with Crippen LogP contribution in [0.4, 0.5) is 10.6 Å². The molecule has 1 saturated heterocycles. The zero-order chi connectivity index (χ0) is 20.2. The third kappa shape index (κ3) is 4.65. The van der Waals surface area contributed by atoms with Crippen LogP contribution in [0.3, 0.4) is 0 Å². The Labute approximate surface area is 169 Å². The Kier molecular flexibility index (Phi) is 5.62. The van der Waals surface area contributed by atoms with Crippen LogP contribution in [0.2, 0.25) is 0 Å². The zero-order valence-corrected chi connectivity index (χ0v) is 16.5. The van der Waals surface area contributed by atoms with Crippen molar-refractivity contribution in [2.45, 2.75) is 44.9 Å². The third-order valence-corrected chi connectivity index (χ3v) is 5.02. The maximum absolute atomic E-state index is 12.3. The van der Waals surface area contributed by atoms with Crippen molar-refractivity contribution >= 4 is 22.8 Å². The molecule has 2 aromatic heterocycles. The number of hydrogen-bond acceptors (Lipinski definition) is 5. The standard InChI is InChI=1S/C21H25N5O3/c1-13-10-16(8-9-28-13)29-20-17-12-22-19(11-18(17)25-26-20)24-21(27)23-14(2)15-6-4-3-5-7-15/h3-7,11-14,16H,8-10H2,1-2H3,(H,25,26)(H2,22,23,24,27)/t13-,14+,16+/m0/s1. The number of hydrogen-bond donors (Lipinski definition) is 3. The first-order chi connectivity index (χ1) is 14.1. The van der Waals surface area contributed by atoms with Crippen molar-refractivity contribution in [3.8, 4) is 5.88 Å². The lowest BCUT2D eigenvalue weighted by molar-refractivity contribution is -0.0260. The van der Waals surface area contributed by atoms with Gasteiger partial charge in [0.15, 0.2) is 0 Å². The number of benzene rings is 1. The summed E-state index contributed by atoms with van der Waals surface area (Å²) in [4.78, 5) is 16.6. The number of aromatic nitrogens is 3. The molecule has 1 fully saturated rings. The summed E-state index contributed by atoms with van der Waals surface area (Å²) < 4.78 is 11.6. The molecule has 1 aliphatic heterocycles. The molecule has 0 spiro atoms. The molecule has 0 bridgehead atoms. The molecule has 0 aliphatic carbocycles. The average molecular weight is 395 g/mol. The summed E-state index contributed by atoms with van der Waals surface area (Å²) in [7, 11) is 0. The van der Waals surface area contributed by atoms with E-state index in [9.17, 15) is 4.79 Å². The van der Waals surface area contributed by atoms with E-state index in [1.54, 1.807) is 12.3 Å². The van der Waals surface area contributed by atoms with Gasteiger partial charge in [-0.2, -0.15) is 0 Å². The van der Waals surface area contributed by atoms with Gasteiger partial charge < -0.3 is 14.8 Å². The summed E-state index contributed by atoms with van der Waals surface area (Å²) >= 11 is 0. The highest BCUT2D eigenvalue weighted by Crippen LogP contribution is 2.27. The molecular weight excluding hydrogens is 370 g/mol. The quantitative estimate of drug-likeness (QED) is 0.610. The molecule has 0 radical (unpaired) electrons. The highest BCUT2D eigenvalue weighted by atomic mass is 16.5. The van der Waals surface area contributed by atoms with E-state index in [-0.39, 0.29) is 24.3 Å². The summed E-state index contributed by atoms with van der Waals surface area (Å²) in [6.45, 7) is 4.67. The normalized spacial score (nSPS) is 20.2. The Morgan fingerprint density at radius 1 is 1.34 bits per heavy atom. The van der Waals surface area contributed by atoms with E-state index in [0.29, 0.717) is 18.3 Å². The molecule has 8 heteroatoms. The molecule has 1 aliphatic rings. The lowest BCUT2D eigenvalue weighted by Crippen LogP contribution is -2.31. The minimum Gasteiger partial charge on any atom is -0.473 e. The molecule has 1 aromatic carbocycles. The maximum atomic E-state index is 12.3. The van der Waals surface area contributed by atoms with Gasteiger partial charge in [0.2, 0.25) is 5.88 Å². The van der Waals surface area contributed by atoms with Crippen LogP contribution in [0.15, 0.2) is 42.6 Å². The topological polar surface area (TPSA) is 101 Å². The number of anilines is 1. The lowest BCUT2D eigenvalue weighted by Gasteiger charge is -2.27. The van der Waals surface area contributed by atoms with E-state index in [1.165, 1.54) is 0 Å². The second kappa shape index (κ2) is 8.48. The summed E-state index contributed by atoms with van der Waals surface area (Å²) in [6, 6.07) is 11.1. The number of aromatic amines is 1. The summed E-state index contributed by atoms with van der Waals surface area (Å²) in [5, 5.41) is 13.7. The van der Waals surface area contributed by atoms with Crippen molar-refractivity contribution in [1.29, 1.82) is 0 Å². The number of fused-ring (bicyclic) bond motifs is 1. The predicted octanol–water partition coefficient (Wildman–Crippen LogP) is 3.79. The van der Waals surface area contributed by atoms with Gasteiger partial charge in [0, 0.05) is 25.1 Å². The van der Waals surface area contributed by atoms with Gasteiger partial charge in [-0.15, -0.1) is 5.10 Å². The molecule has 3 atom stereocenters. The van der Waals surface area contributed by atoms with Crippen LogP contribution in [0, 0.1) is 0 Å². The number of pyridine rings is 1. The van der Waals surface area contributed by atoms with Crippen LogP contribution in [-0.2, 0) is 4.74 Å². The lowest BCUT2D eigenvalue weighted by atomic mass is 10.1. The van der Waals surface area contributed by atoms with Crippen LogP contribution in [-0.4, -0.2) is 40.0 Å². The number of rotatable bonds is 5. The van der Waals surface area contributed by atoms with Gasteiger partial charge in [-0.25, -0.2) is 9.78 Å². The fourth-order valence-electron chi connectivity index (χ4n) is 3.44. The van der Waals surface area contributed by atoms with Gasteiger partial charge in [-0.3, -0.25) is 10.4 Å². The highest BCUT2D eigenvalue weighted by Gasteiger charge is 2.22. The van der Waals surface area contributed by atoms with Gasteiger partial charge in [0.05, 0.1) is 29.7 Å². The van der Waals surface area contributed by atoms with Crippen molar-refractivity contribution in [1.82, 2.24) is 20.5 Å². The summed E-state index contributed by atoms with van der Waals surface area (Å²) in [6.07, 6.45) is 3.60. The number of H-pyrrole nitrogens is 1. The fraction of sp³-hybridized carbons (Fsp3) is 0.381. The second-order valence-electron chi connectivity index (χ2n) is 7.32. The number of carbonyl (C=O) groups is 1. The van der Waals surface area contributed by atoms with Crippen LogP contribution in [0.25, 0.3) is 10.9 Å². The molecular formula is C21H25N5O3. The van der Waals surface area contributed by atoms with E-state index in [1.807, 2.05) is 44.2 Å². The van der Waals surface area contributed by atoms with Gasteiger partial charge in [-0.05, 0) is 19.4 Å². The molecule has 152 valence electrons. The van der Waals surface area contributed by atoms with Gasteiger partial charge in [0.1, 0.15) is 11.9 Å². The number of nitrogens with one attached hydrogen (secondary N) is 3. The van der Waals surface area contributed by atoms with Gasteiger partial charge in [-0.1, -0.05) is 30.3 Å². The van der Waals surface area contributed by atoms with Crippen molar-refractivity contribution < 1.29 is 14.3 Å².